The van der Waals surface area contributed by atoms with Crippen molar-refractivity contribution in [2.75, 3.05) is 6.61 Å². The monoisotopic (exact) mass is 820 g/mol. The number of ether oxygens (including phenoxy) is 1. The molecule has 4 amide bonds. The van der Waals surface area contributed by atoms with Crippen molar-refractivity contribution < 1.29 is 33.8 Å². The van der Waals surface area contributed by atoms with Crippen LogP contribution in [0.4, 0.5) is 0 Å². The third-order valence-corrected chi connectivity index (χ3v) is 11.2. The maximum atomic E-state index is 14.5. The van der Waals surface area contributed by atoms with Gasteiger partial charge in [-0.25, -0.2) is 4.79 Å². The van der Waals surface area contributed by atoms with Gasteiger partial charge in [-0.1, -0.05) is 127 Å². The van der Waals surface area contributed by atoms with Crippen LogP contribution < -0.4 is 26.0 Å². The summed E-state index contributed by atoms with van der Waals surface area (Å²) in [5, 5.41) is 23.3. The number of hydrogen-bond acceptors (Lipinski definition) is 7. The molecule has 0 unspecified atom stereocenters. The summed E-state index contributed by atoms with van der Waals surface area (Å²) in [7, 11) is 0. The molecule has 1 aromatic heterocycles. The molecule has 0 radical (unpaired) electrons. The van der Waals surface area contributed by atoms with E-state index in [9.17, 15) is 29.1 Å². The van der Waals surface area contributed by atoms with Crippen LogP contribution in [-0.4, -0.2) is 65.5 Å². The van der Waals surface area contributed by atoms with Gasteiger partial charge in [-0.2, -0.15) is 0 Å². The van der Waals surface area contributed by atoms with E-state index < -0.39 is 60.4 Å². The van der Waals surface area contributed by atoms with E-state index in [-0.39, 0.29) is 25.7 Å². The maximum Gasteiger partial charge on any atom is 0.326 e. The summed E-state index contributed by atoms with van der Waals surface area (Å²) >= 11 is 1.43. The van der Waals surface area contributed by atoms with Gasteiger partial charge in [0.05, 0.1) is 0 Å². The Labute approximate surface area is 351 Å². The quantitative estimate of drug-likeness (QED) is 0.116. The Bertz CT molecular complexity index is 2390. The van der Waals surface area contributed by atoms with Crippen molar-refractivity contribution in [1.29, 1.82) is 0 Å². The van der Waals surface area contributed by atoms with Crippen molar-refractivity contribution in [3.8, 4) is 28.0 Å². The Morgan fingerprint density at radius 3 is 1.52 bits per heavy atom. The number of fused-ring (bicyclic) bond motifs is 16. The van der Waals surface area contributed by atoms with Gasteiger partial charge in [0.1, 0.15) is 29.9 Å². The Kier molecular flexibility index (Phi) is 13.4. The average Bonchev–Trinajstić information content (AvgIpc) is 3.79. The van der Waals surface area contributed by atoms with E-state index in [1.54, 1.807) is 24.3 Å². The van der Waals surface area contributed by atoms with E-state index in [2.05, 4.69) is 21.3 Å². The third-order valence-electron chi connectivity index (χ3n) is 10.3. The number of nitrogens with one attached hydrogen (secondary N) is 4. The molecule has 8 rings (SSSR count). The van der Waals surface area contributed by atoms with Gasteiger partial charge >= 0.3 is 5.97 Å². The number of carboxylic acid groups (broad SMARTS) is 1. The molecule has 12 heteroatoms. The highest BCUT2D eigenvalue weighted by Crippen LogP contribution is 2.22. The fourth-order valence-corrected chi connectivity index (χ4v) is 7.77. The van der Waals surface area contributed by atoms with Gasteiger partial charge in [0.15, 0.2) is 6.61 Å². The topological polar surface area (TPSA) is 163 Å². The zero-order chi connectivity index (χ0) is 41.8. The van der Waals surface area contributed by atoms with Crippen LogP contribution in [-0.2, 0) is 49.7 Å². The van der Waals surface area contributed by atoms with Crippen LogP contribution in [0.3, 0.4) is 0 Å². The lowest BCUT2D eigenvalue weighted by Gasteiger charge is -2.26. The van der Waals surface area contributed by atoms with Crippen molar-refractivity contribution in [3.05, 3.63) is 173 Å². The van der Waals surface area contributed by atoms with E-state index in [1.807, 2.05) is 127 Å². The van der Waals surface area contributed by atoms with Crippen LogP contribution in [0.1, 0.15) is 21.6 Å². The second-order valence-electron chi connectivity index (χ2n) is 14.6. The number of amides is 4. The minimum Gasteiger partial charge on any atom is -0.484 e. The van der Waals surface area contributed by atoms with Crippen molar-refractivity contribution in [1.82, 2.24) is 21.3 Å². The number of carbonyl (C=O) groups is 5. The molecule has 2 aliphatic rings. The van der Waals surface area contributed by atoms with E-state index >= 15 is 0 Å². The molecule has 3 heterocycles. The predicted molar refractivity (Wildman–Crippen MR) is 230 cm³/mol. The van der Waals surface area contributed by atoms with E-state index in [4.69, 9.17) is 4.74 Å². The van der Waals surface area contributed by atoms with Crippen LogP contribution in [0.15, 0.2) is 151 Å². The number of hydrogen-bond donors (Lipinski definition) is 5. The van der Waals surface area contributed by atoms with Crippen LogP contribution in [0.25, 0.3) is 22.3 Å². The molecular weight excluding hydrogens is 777 g/mol. The van der Waals surface area contributed by atoms with Crippen molar-refractivity contribution in [3.63, 3.8) is 0 Å². The summed E-state index contributed by atoms with van der Waals surface area (Å²) in [5.74, 6) is -3.44. The molecule has 304 valence electrons. The number of carboxylic acids is 1. The smallest absolute Gasteiger partial charge is 0.326 e. The molecule has 0 fully saturated rings. The van der Waals surface area contributed by atoms with Crippen molar-refractivity contribution in [2.24, 2.45) is 0 Å². The van der Waals surface area contributed by atoms with Gasteiger partial charge in [0, 0.05) is 30.6 Å². The van der Waals surface area contributed by atoms with Gasteiger partial charge < -0.3 is 31.1 Å². The largest absolute Gasteiger partial charge is 0.484 e. The summed E-state index contributed by atoms with van der Waals surface area (Å²) in [6, 6.07) is 40.2. The number of carbonyl (C=O) groups excluding carboxylic acids is 4. The number of rotatable bonds is 9. The van der Waals surface area contributed by atoms with Crippen molar-refractivity contribution >= 4 is 40.9 Å². The summed E-state index contributed by atoms with van der Waals surface area (Å²) in [4.78, 5) is 69.6. The summed E-state index contributed by atoms with van der Waals surface area (Å²) < 4.78 is 5.72. The molecule has 0 spiro atoms. The van der Waals surface area contributed by atoms with Gasteiger partial charge in [-0.05, 0) is 62.5 Å². The molecule has 5 aromatic carbocycles. The molecule has 6 aromatic rings. The molecule has 60 heavy (non-hydrogen) atoms. The molecule has 0 saturated carbocycles. The first-order chi connectivity index (χ1) is 29.2. The molecule has 5 N–H and O–H groups in total. The molecule has 0 aliphatic carbocycles. The second-order valence-corrected chi connectivity index (χ2v) is 15.6. The Morgan fingerprint density at radius 2 is 1.03 bits per heavy atom. The zero-order valence-electron chi connectivity index (χ0n) is 32.6. The third kappa shape index (κ3) is 11.1. The van der Waals surface area contributed by atoms with E-state index in [0.29, 0.717) is 16.9 Å². The van der Waals surface area contributed by atoms with Crippen LogP contribution >= 0.6 is 11.3 Å². The normalized spacial score (nSPS) is 19.0. The zero-order valence-corrected chi connectivity index (χ0v) is 33.4. The van der Waals surface area contributed by atoms with Crippen LogP contribution in [0.5, 0.6) is 5.75 Å². The second kappa shape index (κ2) is 19.6. The first-order valence-corrected chi connectivity index (χ1v) is 20.5. The van der Waals surface area contributed by atoms with Crippen LogP contribution in [0, 0.1) is 0 Å². The van der Waals surface area contributed by atoms with E-state index in [1.165, 1.54) is 11.3 Å². The van der Waals surface area contributed by atoms with E-state index in [0.717, 1.165) is 32.7 Å². The fourth-order valence-electron chi connectivity index (χ4n) is 7.02. The molecular formula is C48H44N4O7S. The molecule has 0 saturated heterocycles. The highest BCUT2D eigenvalue weighted by atomic mass is 32.1. The summed E-state index contributed by atoms with van der Waals surface area (Å²) in [5.41, 5.74) is 5.99. The minimum atomic E-state index is -1.34. The fraction of sp³-hybridized carbons (Fsp3) is 0.188. The molecule has 4 atom stereocenters. The minimum absolute atomic E-state index is 0.0223. The van der Waals surface area contributed by atoms with Crippen molar-refractivity contribution in [2.45, 2.75) is 49.9 Å². The Morgan fingerprint density at radius 1 is 0.550 bits per heavy atom. The Hall–Kier alpha value is -7.05. The van der Waals surface area contributed by atoms with Gasteiger partial charge in [-0.15, -0.1) is 11.3 Å². The SMILES string of the molecule is O=C1COc2ccc(cc2)C[C@@H](C(=O)O)NC(=O)[C@@H](Cc2ccc(-c3ccccc3)cc2)NC(=O)[C@H](Cc2ccc(-c3ccccc3)cc2)NC(=O)[C@@H](Cc2cccs2)N1. The molecule has 2 bridgehead atoms. The lowest BCUT2D eigenvalue weighted by molar-refractivity contribution is -0.142. The van der Waals surface area contributed by atoms with Gasteiger partial charge in [0.25, 0.3) is 5.91 Å². The summed E-state index contributed by atoms with van der Waals surface area (Å²) in [6.45, 7) is -0.396. The number of aliphatic carboxylic acids is 1. The highest BCUT2D eigenvalue weighted by molar-refractivity contribution is 7.09. The van der Waals surface area contributed by atoms with Gasteiger partial charge in [-0.3, -0.25) is 19.2 Å². The lowest BCUT2D eigenvalue weighted by Crippen LogP contribution is -2.59. The van der Waals surface area contributed by atoms with Gasteiger partial charge in [0.2, 0.25) is 17.7 Å². The Balaban J connectivity index is 1.22. The van der Waals surface area contributed by atoms with Crippen LogP contribution in [0.2, 0.25) is 0 Å². The summed E-state index contributed by atoms with van der Waals surface area (Å²) in [6.07, 6.45) is 0.163. The predicted octanol–water partition coefficient (Wildman–Crippen LogP) is 5.77. The molecule has 2 aliphatic heterocycles. The lowest BCUT2D eigenvalue weighted by atomic mass is 9.98. The number of benzene rings is 5. The standard InChI is InChI=1S/C48H44N4O7S/c53-44-30-59-38-23-17-33(18-24-38)28-43(48(57)58)52-46(55)41(27-32-15-21-37(22-16-32)35-10-5-2-6-11-35)50-45(54)40(51-47(56)42(49-44)29-39-12-7-25-60-39)26-31-13-19-36(20-14-31)34-8-3-1-4-9-34/h1-25,40-43H,26-30H2,(H,49,53)(H,50,54)(H,51,56)(H,52,55)(H,57,58)/t40-,41+,42+,43-/m0/s1. The average molecular weight is 821 g/mol. The highest BCUT2D eigenvalue weighted by Gasteiger charge is 2.32. The molecule has 11 nitrogen and oxygen atoms in total. The maximum absolute atomic E-state index is 14.5. The first-order valence-electron chi connectivity index (χ1n) is 19.6. The number of thiophene rings is 1. The first kappa shape index (κ1) is 41.1.